The molecule has 110 valence electrons. The molecule has 1 heterocycles. The number of thioether (sulfide) groups is 1. The lowest BCUT2D eigenvalue weighted by Gasteiger charge is -2.29. The van der Waals surface area contributed by atoms with Crippen molar-refractivity contribution in [1.82, 2.24) is 10.2 Å². The van der Waals surface area contributed by atoms with E-state index >= 15 is 0 Å². The Balaban J connectivity index is 1.67. The fourth-order valence-electron chi connectivity index (χ4n) is 2.27. The lowest BCUT2D eigenvalue weighted by molar-refractivity contribution is -0.121. The van der Waals surface area contributed by atoms with E-state index in [0.717, 1.165) is 25.9 Å². The van der Waals surface area contributed by atoms with Crippen molar-refractivity contribution in [1.29, 1.82) is 0 Å². The summed E-state index contributed by atoms with van der Waals surface area (Å²) in [5.41, 5.74) is 0. The molecular weight excluding hydrogens is 275 g/mol. The van der Waals surface area contributed by atoms with Gasteiger partial charge in [0.2, 0.25) is 5.91 Å². The first-order valence-corrected chi connectivity index (χ1v) is 7.99. The molecule has 1 N–H and O–H groups in total. The molecule has 1 fully saturated rings. The molecule has 0 aliphatic carbocycles. The predicted molar refractivity (Wildman–Crippen MR) is 80.4 cm³/mol. The average Bonchev–Trinajstić information content (AvgIpc) is 2.43. The summed E-state index contributed by atoms with van der Waals surface area (Å²) in [6.45, 7) is 2.07. The van der Waals surface area contributed by atoms with Crippen LogP contribution in [0, 0.1) is 5.82 Å². The van der Waals surface area contributed by atoms with E-state index in [2.05, 4.69) is 17.3 Å². The van der Waals surface area contributed by atoms with Crippen molar-refractivity contribution in [3.8, 4) is 0 Å². The van der Waals surface area contributed by atoms with E-state index in [0.29, 0.717) is 23.1 Å². The standard InChI is InChI=1S/C15H21FN2OS/c1-18-9-6-12(7-10-18)17-15(19)8-11-20-14-5-3-2-4-13(14)16/h2-5,12H,6-11H2,1H3,(H,17,19). The number of hydrogen-bond donors (Lipinski definition) is 1. The smallest absolute Gasteiger partial charge is 0.221 e. The van der Waals surface area contributed by atoms with E-state index in [1.165, 1.54) is 17.8 Å². The average molecular weight is 296 g/mol. The minimum atomic E-state index is -0.215. The third-order valence-corrected chi connectivity index (χ3v) is 4.56. The summed E-state index contributed by atoms with van der Waals surface area (Å²) < 4.78 is 13.4. The topological polar surface area (TPSA) is 32.3 Å². The normalized spacial score (nSPS) is 17.1. The summed E-state index contributed by atoms with van der Waals surface area (Å²) >= 11 is 1.39. The molecule has 1 aromatic carbocycles. The first-order chi connectivity index (χ1) is 9.65. The summed E-state index contributed by atoms with van der Waals surface area (Å²) in [6.07, 6.45) is 2.47. The summed E-state index contributed by atoms with van der Waals surface area (Å²) in [7, 11) is 2.10. The molecule has 1 amide bonds. The monoisotopic (exact) mass is 296 g/mol. The van der Waals surface area contributed by atoms with Crippen LogP contribution in [0.3, 0.4) is 0 Å². The molecule has 2 rings (SSSR count). The number of hydrogen-bond acceptors (Lipinski definition) is 3. The third kappa shape index (κ3) is 4.80. The molecule has 0 spiro atoms. The second-order valence-corrected chi connectivity index (χ2v) is 6.31. The van der Waals surface area contributed by atoms with Gasteiger partial charge in [0, 0.05) is 23.1 Å². The Bertz CT molecular complexity index is 447. The summed E-state index contributed by atoms with van der Waals surface area (Å²) in [5.74, 6) is 0.468. The molecule has 5 heteroatoms. The Morgan fingerprint density at radius 1 is 1.40 bits per heavy atom. The van der Waals surface area contributed by atoms with Crippen molar-refractivity contribution in [2.75, 3.05) is 25.9 Å². The lowest BCUT2D eigenvalue weighted by atomic mass is 10.1. The predicted octanol–water partition coefficient (Wildman–Crippen LogP) is 2.52. The lowest BCUT2D eigenvalue weighted by Crippen LogP contribution is -2.43. The van der Waals surface area contributed by atoms with Gasteiger partial charge in [0.25, 0.3) is 0 Å². The van der Waals surface area contributed by atoms with Crippen LogP contribution >= 0.6 is 11.8 Å². The summed E-state index contributed by atoms with van der Waals surface area (Å²) in [6, 6.07) is 6.98. The van der Waals surface area contributed by atoms with E-state index in [1.54, 1.807) is 12.1 Å². The van der Waals surface area contributed by atoms with Crippen LogP contribution in [0.4, 0.5) is 4.39 Å². The zero-order valence-electron chi connectivity index (χ0n) is 11.8. The maximum absolute atomic E-state index is 13.4. The Labute approximate surface area is 123 Å². The molecule has 0 bridgehead atoms. The van der Waals surface area contributed by atoms with Gasteiger partial charge in [0.1, 0.15) is 5.82 Å². The number of carbonyl (C=O) groups excluding carboxylic acids is 1. The highest BCUT2D eigenvalue weighted by Crippen LogP contribution is 2.21. The Kier molecular flexibility index (Phi) is 5.86. The highest BCUT2D eigenvalue weighted by Gasteiger charge is 2.18. The van der Waals surface area contributed by atoms with Crippen molar-refractivity contribution < 1.29 is 9.18 Å². The highest BCUT2D eigenvalue weighted by atomic mass is 32.2. The highest BCUT2D eigenvalue weighted by molar-refractivity contribution is 7.99. The summed E-state index contributed by atoms with van der Waals surface area (Å²) in [4.78, 5) is 14.7. The Morgan fingerprint density at radius 2 is 2.10 bits per heavy atom. The fraction of sp³-hybridized carbons (Fsp3) is 0.533. The molecule has 0 atom stereocenters. The van der Waals surface area contributed by atoms with Gasteiger partial charge in [-0.25, -0.2) is 4.39 Å². The molecule has 0 radical (unpaired) electrons. The first-order valence-electron chi connectivity index (χ1n) is 7.00. The van der Waals surface area contributed by atoms with E-state index in [4.69, 9.17) is 0 Å². The molecule has 3 nitrogen and oxygen atoms in total. The molecular formula is C15H21FN2OS. The number of nitrogens with zero attached hydrogens (tertiary/aromatic N) is 1. The van der Waals surface area contributed by atoms with Gasteiger partial charge in [0.15, 0.2) is 0 Å². The van der Waals surface area contributed by atoms with Crippen LogP contribution in [0.1, 0.15) is 19.3 Å². The molecule has 1 aliphatic rings. The van der Waals surface area contributed by atoms with Gasteiger partial charge < -0.3 is 10.2 Å². The molecule has 20 heavy (non-hydrogen) atoms. The van der Waals surface area contributed by atoms with Gasteiger partial charge in [-0.15, -0.1) is 11.8 Å². The van der Waals surface area contributed by atoms with Gasteiger partial charge in [0.05, 0.1) is 0 Å². The largest absolute Gasteiger partial charge is 0.353 e. The van der Waals surface area contributed by atoms with E-state index in [1.807, 2.05) is 6.07 Å². The zero-order valence-corrected chi connectivity index (χ0v) is 12.6. The van der Waals surface area contributed by atoms with Crippen molar-refractivity contribution in [2.45, 2.75) is 30.2 Å². The Hall–Kier alpha value is -1.07. The number of carbonyl (C=O) groups is 1. The maximum atomic E-state index is 13.4. The van der Waals surface area contributed by atoms with Crippen LogP contribution in [-0.2, 0) is 4.79 Å². The molecule has 1 saturated heterocycles. The van der Waals surface area contributed by atoms with Crippen LogP contribution in [0.25, 0.3) is 0 Å². The van der Waals surface area contributed by atoms with Gasteiger partial charge >= 0.3 is 0 Å². The van der Waals surface area contributed by atoms with Crippen molar-refractivity contribution in [3.05, 3.63) is 30.1 Å². The quantitative estimate of drug-likeness (QED) is 0.848. The molecule has 1 aromatic rings. The number of piperidine rings is 1. The third-order valence-electron chi connectivity index (χ3n) is 3.51. The van der Waals surface area contributed by atoms with E-state index in [9.17, 15) is 9.18 Å². The summed E-state index contributed by atoms with van der Waals surface area (Å²) in [5, 5.41) is 3.07. The van der Waals surface area contributed by atoms with E-state index < -0.39 is 0 Å². The minimum Gasteiger partial charge on any atom is -0.353 e. The van der Waals surface area contributed by atoms with Crippen molar-refractivity contribution in [2.24, 2.45) is 0 Å². The molecule has 0 aromatic heterocycles. The number of halogens is 1. The SMILES string of the molecule is CN1CCC(NC(=O)CCSc2ccccc2F)CC1. The second kappa shape index (κ2) is 7.64. The number of rotatable bonds is 5. The fourth-order valence-corrected chi connectivity index (χ4v) is 3.16. The Morgan fingerprint density at radius 3 is 2.80 bits per heavy atom. The van der Waals surface area contributed by atoms with Crippen LogP contribution in [0.2, 0.25) is 0 Å². The van der Waals surface area contributed by atoms with Crippen molar-refractivity contribution in [3.63, 3.8) is 0 Å². The molecule has 0 saturated carbocycles. The number of likely N-dealkylation sites (tertiary alicyclic amines) is 1. The van der Waals surface area contributed by atoms with E-state index in [-0.39, 0.29) is 11.7 Å². The number of amides is 1. The van der Waals surface area contributed by atoms with Gasteiger partial charge in [-0.05, 0) is 45.1 Å². The molecule has 1 aliphatic heterocycles. The van der Waals surface area contributed by atoms with Crippen LogP contribution < -0.4 is 5.32 Å². The van der Waals surface area contributed by atoms with Gasteiger partial charge in [-0.2, -0.15) is 0 Å². The van der Waals surface area contributed by atoms with Crippen LogP contribution in [0.15, 0.2) is 29.2 Å². The van der Waals surface area contributed by atoms with Crippen molar-refractivity contribution >= 4 is 17.7 Å². The number of benzene rings is 1. The number of nitrogens with one attached hydrogen (secondary N) is 1. The maximum Gasteiger partial charge on any atom is 0.221 e. The van der Waals surface area contributed by atoms with Gasteiger partial charge in [-0.3, -0.25) is 4.79 Å². The van der Waals surface area contributed by atoms with Gasteiger partial charge in [-0.1, -0.05) is 12.1 Å². The minimum absolute atomic E-state index is 0.0726. The van der Waals surface area contributed by atoms with Crippen LogP contribution in [-0.4, -0.2) is 42.7 Å². The first kappa shape index (κ1) is 15.3. The molecule has 0 unspecified atom stereocenters. The zero-order chi connectivity index (χ0) is 14.4. The van der Waals surface area contributed by atoms with Crippen LogP contribution in [0.5, 0.6) is 0 Å². The second-order valence-electron chi connectivity index (χ2n) is 5.17.